The molecule has 0 atom stereocenters. The molecule has 0 aliphatic rings. The number of aromatic nitrogens is 1. The highest BCUT2D eigenvalue weighted by atomic mass is 32.2. The standard InChI is InChI=1S/C27H30N4O9S/c1-37-15-14-29-27(34)40-24-11-6-19(17-30-24)25(32)31-41(35,36)21-8-4-18(5-9-21)12-13-28-26(33)22-16-20(38-2)7-10-23(22)39-3/h4-11,16-17H,12-15H2,1-3H3,(H,28,33)(H,29,34)(H,31,32). The molecule has 0 aliphatic carbocycles. The van der Waals surface area contributed by atoms with E-state index >= 15 is 0 Å². The zero-order chi connectivity index (χ0) is 29.8. The van der Waals surface area contributed by atoms with Gasteiger partial charge in [-0.15, -0.1) is 0 Å². The van der Waals surface area contributed by atoms with E-state index < -0.39 is 22.0 Å². The summed E-state index contributed by atoms with van der Waals surface area (Å²) in [6.45, 7) is 0.826. The number of amides is 3. The van der Waals surface area contributed by atoms with Crippen LogP contribution in [-0.4, -0.2) is 72.3 Å². The summed E-state index contributed by atoms with van der Waals surface area (Å²) in [5, 5.41) is 5.24. The monoisotopic (exact) mass is 586 g/mol. The molecule has 0 unspecified atom stereocenters. The summed E-state index contributed by atoms with van der Waals surface area (Å²) in [6.07, 6.45) is 0.758. The van der Waals surface area contributed by atoms with Crippen molar-refractivity contribution in [2.45, 2.75) is 11.3 Å². The Balaban J connectivity index is 1.53. The molecular weight excluding hydrogens is 556 g/mol. The second kappa shape index (κ2) is 14.6. The molecule has 0 bridgehead atoms. The van der Waals surface area contributed by atoms with Gasteiger partial charge in [0, 0.05) is 32.5 Å². The first-order valence-corrected chi connectivity index (χ1v) is 13.7. The predicted molar refractivity (Wildman–Crippen MR) is 147 cm³/mol. The molecule has 1 heterocycles. The van der Waals surface area contributed by atoms with Gasteiger partial charge >= 0.3 is 6.09 Å². The summed E-state index contributed by atoms with van der Waals surface area (Å²) in [4.78, 5) is 40.5. The average Bonchev–Trinajstić information content (AvgIpc) is 2.97. The van der Waals surface area contributed by atoms with Crippen molar-refractivity contribution in [1.82, 2.24) is 20.3 Å². The third-order valence-corrected chi connectivity index (χ3v) is 6.93. The van der Waals surface area contributed by atoms with E-state index in [1.54, 1.807) is 30.3 Å². The molecule has 0 fully saturated rings. The Hall–Kier alpha value is -4.69. The predicted octanol–water partition coefficient (Wildman–Crippen LogP) is 1.92. The molecule has 0 radical (unpaired) electrons. The Labute approximate surface area is 237 Å². The lowest BCUT2D eigenvalue weighted by Crippen LogP contribution is -2.31. The molecule has 3 aromatic rings. The van der Waals surface area contributed by atoms with Crippen molar-refractivity contribution in [2.75, 3.05) is 41.0 Å². The van der Waals surface area contributed by atoms with Gasteiger partial charge in [0.2, 0.25) is 5.88 Å². The molecule has 3 N–H and O–H groups in total. The van der Waals surface area contributed by atoms with Gasteiger partial charge in [-0.3, -0.25) is 9.59 Å². The van der Waals surface area contributed by atoms with Crippen LogP contribution in [0.15, 0.2) is 65.7 Å². The van der Waals surface area contributed by atoms with Crippen LogP contribution in [-0.2, 0) is 21.2 Å². The Kier molecular flexibility index (Phi) is 11.0. The summed E-state index contributed by atoms with van der Waals surface area (Å²) in [5.74, 6) is -0.411. The van der Waals surface area contributed by atoms with Crippen molar-refractivity contribution < 1.29 is 41.7 Å². The molecule has 0 saturated heterocycles. The van der Waals surface area contributed by atoms with Crippen LogP contribution in [0.5, 0.6) is 17.4 Å². The number of hydrogen-bond acceptors (Lipinski definition) is 10. The first-order chi connectivity index (χ1) is 19.7. The second-order valence-electron chi connectivity index (χ2n) is 8.34. The fraction of sp³-hybridized carbons (Fsp3) is 0.259. The van der Waals surface area contributed by atoms with E-state index in [4.69, 9.17) is 18.9 Å². The molecular formula is C27H30N4O9S. The molecule has 0 saturated carbocycles. The van der Waals surface area contributed by atoms with Crippen molar-refractivity contribution in [3.63, 3.8) is 0 Å². The van der Waals surface area contributed by atoms with Crippen molar-refractivity contribution in [1.29, 1.82) is 0 Å². The molecule has 0 spiro atoms. The maximum absolute atomic E-state index is 12.7. The van der Waals surface area contributed by atoms with Crippen molar-refractivity contribution in [3.8, 4) is 17.4 Å². The third kappa shape index (κ3) is 8.91. The van der Waals surface area contributed by atoms with Crippen LogP contribution < -0.4 is 29.6 Å². The van der Waals surface area contributed by atoms with Crippen LogP contribution in [0.1, 0.15) is 26.3 Å². The highest BCUT2D eigenvalue weighted by Gasteiger charge is 2.19. The molecule has 3 amide bonds. The number of carbonyl (C=O) groups is 3. The van der Waals surface area contributed by atoms with E-state index in [2.05, 4.69) is 15.6 Å². The Morgan fingerprint density at radius 2 is 1.61 bits per heavy atom. The molecule has 14 heteroatoms. The van der Waals surface area contributed by atoms with Gasteiger partial charge in [0.05, 0.1) is 36.8 Å². The molecule has 41 heavy (non-hydrogen) atoms. The first kappa shape index (κ1) is 30.8. The number of rotatable bonds is 13. The number of carbonyl (C=O) groups excluding carboxylic acids is 3. The topological polar surface area (TPSA) is 171 Å². The van der Waals surface area contributed by atoms with Crippen LogP contribution in [0, 0.1) is 0 Å². The fourth-order valence-corrected chi connectivity index (χ4v) is 4.42. The second-order valence-corrected chi connectivity index (χ2v) is 10.0. The Morgan fingerprint density at radius 3 is 2.24 bits per heavy atom. The van der Waals surface area contributed by atoms with Crippen LogP contribution in [0.4, 0.5) is 4.79 Å². The van der Waals surface area contributed by atoms with Gasteiger partial charge < -0.3 is 29.6 Å². The maximum Gasteiger partial charge on any atom is 0.414 e. The van der Waals surface area contributed by atoms with Gasteiger partial charge in [-0.1, -0.05) is 12.1 Å². The van der Waals surface area contributed by atoms with E-state index in [0.29, 0.717) is 30.1 Å². The van der Waals surface area contributed by atoms with Crippen molar-refractivity contribution in [3.05, 3.63) is 77.5 Å². The number of benzene rings is 2. The lowest BCUT2D eigenvalue weighted by molar-refractivity contribution is 0.0948. The number of hydrogen-bond donors (Lipinski definition) is 3. The Bertz CT molecular complexity index is 1460. The number of sulfonamides is 1. The molecule has 0 aliphatic heterocycles. The van der Waals surface area contributed by atoms with Crippen molar-refractivity contribution >= 4 is 27.9 Å². The van der Waals surface area contributed by atoms with Crippen LogP contribution in [0.2, 0.25) is 0 Å². The van der Waals surface area contributed by atoms with Gasteiger partial charge in [-0.2, -0.15) is 0 Å². The minimum absolute atomic E-state index is 0.0549. The minimum Gasteiger partial charge on any atom is -0.497 e. The van der Waals surface area contributed by atoms with E-state index in [1.165, 1.54) is 45.6 Å². The summed E-state index contributed by atoms with van der Waals surface area (Å²) >= 11 is 0. The summed E-state index contributed by atoms with van der Waals surface area (Å²) < 4.78 is 47.6. The number of nitrogens with one attached hydrogen (secondary N) is 3. The molecule has 218 valence electrons. The van der Waals surface area contributed by atoms with E-state index in [0.717, 1.165) is 11.8 Å². The number of ether oxygens (including phenoxy) is 4. The van der Waals surface area contributed by atoms with Gasteiger partial charge in [0.15, 0.2) is 0 Å². The SMILES string of the molecule is COCCNC(=O)Oc1ccc(C(=O)NS(=O)(=O)c2ccc(CCNC(=O)c3cc(OC)ccc3OC)cc2)cn1. The van der Waals surface area contributed by atoms with E-state index in [-0.39, 0.29) is 35.3 Å². The summed E-state index contributed by atoms with van der Waals surface area (Å²) in [7, 11) is 0.271. The smallest absolute Gasteiger partial charge is 0.414 e. The number of methoxy groups -OCH3 is 3. The zero-order valence-electron chi connectivity index (χ0n) is 22.6. The van der Waals surface area contributed by atoms with Crippen molar-refractivity contribution in [2.24, 2.45) is 0 Å². The molecule has 1 aromatic heterocycles. The lowest BCUT2D eigenvalue weighted by Gasteiger charge is -2.11. The highest BCUT2D eigenvalue weighted by Crippen LogP contribution is 2.23. The van der Waals surface area contributed by atoms with Crippen LogP contribution in [0.3, 0.4) is 0 Å². The van der Waals surface area contributed by atoms with Crippen LogP contribution in [0.25, 0.3) is 0 Å². The average molecular weight is 587 g/mol. The normalized spacial score (nSPS) is 10.8. The molecule has 3 rings (SSSR count). The van der Waals surface area contributed by atoms with Gasteiger partial charge in [0.25, 0.3) is 21.8 Å². The van der Waals surface area contributed by atoms with Crippen LogP contribution >= 0.6 is 0 Å². The third-order valence-electron chi connectivity index (χ3n) is 5.58. The maximum atomic E-state index is 12.7. The van der Waals surface area contributed by atoms with Gasteiger partial charge in [-0.05, 0) is 48.4 Å². The largest absolute Gasteiger partial charge is 0.497 e. The first-order valence-electron chi connectivity index (χ1n) is 12.2. The quantitative estimate of drug-likeness (QED) is 0.251. The lowest BCUT2D eigenvalue weighted by atomic mass is 10.1. The number of nitrogens with zero attached hydrogens (tertiary/aromatic N) is 1. The van der Waals surface area contributed by atoms with Gasteiger partial charge in [-0.25, -0.2) is 22.9 Å². The number of pyridine rings is 1. The fourth-order valence-electron chi connectivity index (χ4n) is 3.44. The molecule has 2 aromatic carbocycles. The highest BCUT2D eigenvalue weighted by molar-refractivity contribution is 7.90. The van der Waals surface area contributed by atoms with E-state index in [9.17, 15) is 22.8 Å². The minimum atomic E-state index is -4.18. The van der Waals surface area contributed by atoms with Gasteiger partial charge in [0.1, 0.15) is 11.5 Å². The zero-order valence-corrected chi connectivity index (χ0v) is 23.4. The summed E-state index contributed by atoms with van der Waals surface area (Å²) in [5.41, 5.74) is 1.03. The van der Waals surface area contributed by atoms with E-state index in [1.807, 2.05) is 4.72 Å². The summed E-state index contributed by atoms with van der Waals surface area (Å²) in [6, 6.07) is 13.3. The Morgan fingerprint density at radius 1 is 0.854 bits per heavy atom. The molecule has 13 nitrogen and oxygen atoms in total.